The second kappa shape index (κ2) is 6.17. The molecule has 2 aromatic rings. The fourth-order valence-corrected chi connectivity index (χ4v) is 1.85. The van der Waals surface area contributed by atoms with Crippen molar-refractivity contribution < 1.29 is 14.3 Å². The third-order valence-corrected chi connectivity index (χ3v) is 2.98. The molecule has 1 amide bonds. The number of methoxy groups -OCH3 is 1. The van der Waals surface area contributed by atoms with E-state index in [0.29, 0.717) is 17.1 Å². The first-order valence-corrected chi connectivity index (χ1v) is 6.36. The molecule has 1 aromatic heterocycles. The topological polar surface area (TPSA) is 86.1 Å². The maximum atomic E-state index is 12.0. The number of ketones is 1. The first-order chi connectivity index (χ1) is 10.0. The Balaban J connectivity index is 2.02. The lowest BCUT2D eigenvalue weighted by molar-refractivity contribution is -0.117. The Labute approximate surface area is 121 Å². The van der Waals surface area contributed by atoms with Crippen LogP contribution in [0.4, 0.5) is 5.69 Å². The van der Waals surface area contributed by atoms with Crippen LogP contribution in [0.3, 0.4) is 0 Å². The highest BCUT2D eigenvalue weighted by Crippen LogP contribution is 2.15. The first-order valence-electron chi connectivity index (χ1n) is 6.36. The number of nitrogens with one attached hydrogen (secondary N) is 1. The Hall–Kier alpha value is -2.70. The monoisotopic (exact) mass is 288 g/mol. The summed E-state index contributed by atoms with van der Waals surface area (Å²) in [4.78, 5) is 23.2. The Kier molecular flexibility index (Phi) is 4.32. The van der Waals surface area contributed by atoms with E-state index in [-0.39, 0.29) is 23.9 Å². The van der Waals surface area contributed by atoms with Crippen LogP contribution in [0, 0.1) is 6.92 Å². The first kappa shape index (κ1) is 14.7. The van der Waals surface area contributed by atoms with Gasteiger partial charge in [-0.3, -0.25) is 9.59 Å². The molecule has 0 aliphatic heterocycles. The molecule has 21 heavy (non-hydrogen) atoms. The van der Waals surface area contributed by atoms with Gasteiger partial charge in [-0.1, -0.05) is 5.21 Å². The van der Waals surface area contributed by atoms with E-state index in [1.807, 2.05) is 0 Å². The molecule has 1 aromatic carbocycles. The van der Waals surface area contributed by atoms with Crippen molar-refractivity contribution in [2.75, 3.05) is 12.4 Å². The van der Waals surface area contributed by atoms with Gasteiger partial charge in [0, 0.05) is 12.6 Å². The fourth-order valence-electron chi connectivity index (χ4n) is 1.85. The maximum Gasteiger partial charge on any atom is 0.246 e. The number of ether oxygens (including phenoxy) is 1. The van der Waals surface area contributed by atoms with E-state index in [1.54, 1.807) is 38.3 Å². The van der Waals surface area contributed by atoms with Crippen LogP contribution in [-0.2, 0) is 11.3 Å². The number of carbonyl (C=O) groups excluding carboxylic acids is 2. The highest BCUT2D eigenvalue weighted by molar-refractivity contribution is 5.93. The average Bonchev–Trinajstić information content (AvgIpc) is 2.81. The zero-order valence-electron chi connectivity index (χ0n) is 12.1. The van der Waals surface area contributed by atoms with Crippen molar-refractivity contribution in [3.05, 3.63) is 35.7 Å². The van der Waals surface area contributed by atoms with Gasteiger partial charge in [0.2, 0.25) is 5.91 Å². The molecule has 2 rings (SSSR count). The maximum absolute atomic E-state index is 12.0. The number of Topliss-reactive ketones (excluding diaryl/α,β-unsaturated/α-hetero) is 1. The largest absolute Gasteiger partial charge is 0.497 e. The predicted octanol–water partition coefficient (Wildman–Crippen LogP) is 1.44. The van der Waals surface area contributed by atoms with Crippen molar-refractivity contribution in [2.45, 2.75) is 20.4 Å². The van der Waals surface area contributed by atoms with Crippen LogP contribution in [0.1, 0.15) is 23.1 Å². The average molecular weight is 288 g/mol. The van der Waals surface area contributed by atoms with Crippen LogP contribution in [0.25, 0.3) is 0 Å². The number of benzene rings is 1. The van der Waals surface area contributed by atoms with E-state index in [2.05, 4.69) is 15.6 Å². The van der Waals surface area contributed by atoms with Gasteiger partial charge < -0.3 is 10.1 Å². The molecule has 0 fully saturated rings. The fraction of sp³-hybridized carbons (Fsp3) is 0.286. The van der Waals surface area contributed by atoms with Crippen LogP contribution in [-0.4, -0.2) is 33.8 Å². The summed E-state index contributed by atoms with van der Waals surface area (Å²) >= 11 is 0. The molecule has 0 aliphatic rings. The quantitative estimate of drug-likeness (QED) is 0.841. The summed E-state index contributed by atoms with van der Waals surface area (Å²) in [6.07, 6.45) is 0. The van der Waals surface area contributed by atoms with E-state index < -0.39 is 0 Å². The van der Waals surface area contributed by atoms with Crippen molar-refractivity contribution in [3.8, 4) is 5.75 Å². The Morgan fingerprint density at radius 1 is 1.29 bits per heavy atom. The lowest BCUT2D eigenvalue weighted by Crippen LogP contribution is -2.20. The lowest BCUT2D eigenvalue weighted by atomic mass is 10.2. The van der Waals surface area contributed by atoms with Gasteiger partial charge in [0.25, 0.3) is 0 Å². The number of nitrogens with zero attached hydrogens (tertiary/aromatic N) is 3. The second-order valence-corrected chi connectivity index (χ2v) is 4.51. The minimum absolute atomic E-state index is 0.00184. The van der Waals surface area contributed by atoms with Crippen LogP contribution in [0.2, 0.25) is 0 Å². The molecule has 0 aliphatic carbocycles. The number of anilines is 1. The minimum atomic E-state index is -0.247. The molecule has 0 saturated heterocycles. The van der Waals surface area contributed by atoms with Gasteiger partial charge in [-0.2, -0.15) is 0 Å². The molecule has 110 valence electrons. The third-order valence-electron chi connectivity index (χ3n) is 2.98. The van der Waals surface area contributed by atoms with Crippen LogP contribution < -0.4 is 10.1 Å². The van der Waals surface area contributed by atoms with Gasteiger partial charge in [0.05, 0.1) is 12.8 Å². The minimum Gasteiger partial charge on any atom is -0.497 e. The highest BCUT2D eigenvalue weighted by Gasteiger charge is 2.14. The Morgan fingerprint density at radius 2 is 1.95 bits per heavy atom. The predicted molar refractivity (Wildman–Crippen MR) is 76.4 cm³/mol. The molecule has 0 spiro atoms. The van der Waals surface area contributed by atoms with Crippen LogP contribution in [0.15, 0.2) is 24.3 Å². The molecule has 1 N–H and O–H groups in total. The van der Waals surface area contributed by atoms with Gasteiger partial charge in [-0.25, -0.2) is 4.68 Å². The van der Waals surface area contributed by atoms with Gasteiger partial charge in [0.15, 0.2) is 11.5 Å². The number of amides is 1. The molecule has 0 saturated carbocycles. The summed E-state index contributed by atoms with van der Waals surface area (Å²) in [7, 11) is 1.58. The van der Waals surface area contributed by atoms with Gasteiger partial charge in [-0.15, -0.1) is 5.10 Å². The summed E-state index contributed by atoms with van der Waals surface area (Å²) in [6.45, 7) is 3.12. The summed E-state index contributed by atoms with van der Waals surface area (Å²) in [5, 5.41) is 10.3. The molecule has 0 atom stereocenters. The second-order valence-electron chi connectivity index (χ2n) is 4.51. The van der Waals surface area contributed by atoms with Crippen molar-refractivity contribution >= 4 is 17.4 Å². The standard InChI is InChI=1S/C14H16N4O3/c1-9-14(10(2)19)16-17-18(9)8-13(20)15-11-4-6-12(21-3)7-5-11/h4-7H,8H2,1-3H3,(H,15,20). The van der Waals surface area contributed by atoms with Crippen LogP contribution in [0.5, 0.6) is 5.75 Å². The molecule has 0 unspecified atom stereocenters. The number of rotatable bonds is 5. The van der Waals surface area contributed by atoms with Gasteiger partial charge in [0.1, 0.15) is 12.3 Å². The normalized spacial score (nSPS) is 10.2. The number of hydrogen-bond donors (Lipinski definition) is 1. The summed E-state index contributed by atoms with van der Waals surface area (Å²) in [5.41, 5.74) is 1.52. The lowest BCUT2D eigenvalue weighted by Gasteiger charge is -2.07. The summed E-state index contributed by atoms with van der Waals surface area (Å²) < 4.78 is 6.44. The number of hydrogen-bond acceptors (Lipinski definition) is 5. The van der Waals surface area contributed by atoms with Crippen LogP contribution >= 0.6 is 0 Å². The highest BCUT2D eigenvalue weighted by atomic mass is 16.5. The van der Waals surface area contributed by atoms with E-state index in [0.717, 1.165) is 0 Å². The van der Waals surface area contributed by atoms with Crippen molar-refractivity contribution in [1.82, 2.24) is 15.0 Å². The van der Waals surface area contributed by atoms with Gasteiger partial charge in [-0.05, 0) is 31.2 Å². The molecular weight excluding hydrogens is 272 g/mol. The molecule has 7 nitrogen and oxygen atoms in total. The van der Waals surface area contributed by atoms with E-state index in [4.69, 9.17) is 4.74 Å². The summed E-state index contributed by atoms with van der Waals surface area (Å²) in [5.74, 6) is 0.295. The zero-order valence-corrected chi connectivity index (χ0v) is 12.1. The van der Waals surface area contributed by atoms with E-state index in [9.17, 15) is 9.59 Å². The summed E-state index contributed by atoms with van der Waals surface area (Å²) in [6, 6.07) is 6.99. The smallest absolute Gasteiger partial charge is 0.246 e. The van der Waals surface area contributed by atoms with Gasteiger partial charge >= 0.3 is 0 Å². The molecule has 0 radical (unpaired) electrons. The van der Waals surface area contributed by atoms with E-state index in [1.165, 1.54) is 11.6 Å². The Morgan fingerprint density at radius 3 is 2.48 bits per heavy atom. The number of carbonyl (C=O) groups is 2. The van der Waals surface area contributed by atoms with Crippen molar-refractivity contribution in [2.24, 2.45) is 0 Å². The Bertz CT molecular complexity index is 661. The molecule has 7 heteroatoms. The van der Waals surface area contributed by atoms with Crippen molar-refractivity contribution in [3.63, 3.8) is 0 Å². The molecule has 1 heterocycles. The number of aromatic nitrogens is 3. The third kappa shape index (κ3) is 3.44. The molecular formula is C14H16N4O3. The zero-order chi connectivity index (χ0) is 15.4. The molecule has 0 bridgehead atoms. The van der Waals surface area contributed by atoms with Crippen molar-refractivity contribution in [1.29, 1.82) is 0 Å². The SMILES string of the molecule is COc1ccc(NC(=O)Cn2nnc(C(C)=O)c2C)cc1. The van der Waals surface area contributed by atoms with E-state index >= 15 is 0 Å².